The number of primary amides is 1. The van der Waals surface area contributed by atoms with E-state index in [4.69, 9.17) is 5.73 Å². The van der Waals surface area contributed by atoms with Crippen LogP contribution in [0.25, 0.3) is 0 Å². The van der Waals surface area contributed by atoms with E-state index in [0.29, 0.717) is 6.54 Å². The van der Waals surface area contributed by atoms with Crippen molar-refractivity contribution >= 4 is 5.91 Å². The van der Waals surface area contributed by atoms with Gasteiger partial charge in [0, 0.05) is 13.1 Å². The molecule has 0 aliphatic heterocycles. The van der Waals surface area contributed by atoms with Crippen molar-refractivity contribution in [1.82, 2.24) is 5.32 Å². The molecule has 16 heavy (non-hydrogen) atoms. The molecule has 0 heterocycles. The van der Waals surface area contributed by atoms with Gasteiger partial charge >= 0.3 is 0 Å². The van der Waals surface area contributed by atoms with Gasteiger partial charge < -0.3 is 21.3 Å². The zero-order valence-electron chi connectivity index (χ0n) is 9.61. The molecule has 1 aliphatic carbocycles. The van der Waals surface area contributed by atoms with E-state index in [0.717, 1.165) is 25.7 Å². The monoisotopic (exact) mass is 230 g/mol. The predicted octanol–water partition coefficient (Wildman–Crippen LogP) is -0.493. The fraction of sp³-hybridized carbons (Fsp3) is 0.909. The first-order valence-corrected chi connectivity index (χ1v) is 5.94. The van der Waals surface area contributed by atoms with E-state index < -0.39 is 17.6 Å². The summed E-state index contributed by atoms with van der Waals surface area (Å²) in [7, 11) is 0. The number of hydrogen-bond acceptors (Lipinski definition) is 4. The highest BCUT2D eigenvalue weighted by Crippen LogP contribution is 2.26. The molecular formula is C11H22N2O3. The van der Waals surface area contributed by atoms with Crippen molar-refractivity contribution in [2.75, 3.05) is 13.1 Å². The molecular weight excluding hydrogens is 208 g/mol. The first-order chi connectivity index (χ1) is 7.53. The molecule has 1 rings (SSSR count). The van der Waals surface area contributed by atoms with Crippen LogP contribution < -0.4 is 11.1 Å². The van der Waals surface area contributed by atoms with Crippen molar-refractivity contribution in [2.45, 2.75) is 50.2 Å². The van der Waals surface area contributed by atoms with Gasteiger partial charge in [-0.05, 0) is 12.8 Å². The number of aliphatic hydroxyl groups excluding tert-OH is 1. The maximum absolute atomic E-state index is 10.6. The highest BCUT2D eigenvalue weighted by molar-refractivity contribution is 5.78. The van der Waals surface area contributed by atoms with Crippen molar-refractivity contribution in [2.24, 2.45) is 5.73 Å². The average molecular weight is 230 g/mol. The first-order valence-electron chi connectivity index (χ1n) is 5.94. The molecule has 94 valence electrons. The van der Waals surface area contributed by atoms with Crippen LogP contribution in [0.15, 0.2) is 0 Å². The van der Waals surface area contributed by atoms with Crippen LogP contribution >= 0.6 is 0 Å². The Labute approximate surface area is 96.0 Å². The number of amides is 1. The Balaban J connectivity index is 2.26. The Bertz CT molecular complexity index is 225. The van der Waals surface area contributed by atoms with Gasteiger partial charge in [0.25, 0.3) is 0 Å². The van der Waals surface area contributed by atoms with Gasteiger partial charge in [0.1, 0.15) is 6.10 Å². The van der Waals surface area contributed by atoms with Crippen LogP contribution in [0, 0.1) is 0 Å². The lowest BCUT2D eigenvalue weighted by atomic mass is 9.94. The number of nitrogens with one attached hydrogen (secondary N) is 1. The minimum absolute atomic E-state index is 0.109. The minimum Gasteiger partial charge on any atom is -0.389 e. The molecule has 0 radical (unpaired) electrons. The molecule has 0 aromatic rings. The number of aliphatic hydroxyl groups is 2. The zero-order chi connectivity index (χ0) is 12.0. The minimum atomic E-state index is -1.17. The van der Waals surface area contributed by atoms with Crippen LogP contribution in [0.3, 0.4) is 0 Å². The second-order valence-electron chi connectivity index (χ2n) is 4.69. The van der Waals surface area contributed by atoms with E-state index in [1.165, 1.54) is 12.8 Å². The lowest BCUT2D eigenvalue weighted by molar-refractivity contribution is -0.125. The van der Waals surface area contributed by atoms with Gasteiger partial charge in [-0.3, -0.25) is 4.79 Å². The summed E-state index contributed by atoms with van der Waals surface area (Å²) >= 11 is 0. The normalized spacial score (nSPS) is 22.4. The average Bonchev–Trinajstić information content (AvgIpc) is 2.43. The predicted molar refractivity (Wildman–Crippen MR) is 60.7 cm³/mol. The fourth-order valence-electron chi connectivity index (χ4n) is 2.11. The van der Waals surface area contributed by atoms with Crippen molar-refractivity contribution in [3.63, 3.8) is 0 Å². The molecule has 1 aliphatic rings. The second-order valence-corrected chi connectivity index (χ2v) is 4.69. The number of nitrogens with two attached hydrogens (primary N) is 1. The molecule has 1 atom stereocenters. The van der Waals surface area contributed by atoms with Gasteiger partial charge in [-0.2, -0.15) is 0 Å². The Morgan fingerprint density at radius 2 is 1.88 bits per heavy atom. The van der Waals surface area contributed by atoms with Gasteiger partial charge in [-0.25, -0.2) is 0 Å². The maximum atomic E-state index is 10.6. The van der Waals surface area contributed by atoms with Gasteiger partial charge in [-0.15, -0.1) is 0 Å². The van der Waals surface area contributed by atoms with Gasteiger partial charge in [-0.1, -0.05) is 25.7 Å². The number of rotatable bonds is 5. The molecule has 5 nitrogen and oxygen atoms in total. The summed E-state index contributed by atoms with van der Waals surface area (Å²) in [5, 5.41) is 22.3. The van der Waals surface area contributed by atoms with Crippen molar-refractivity contribution in [3.8, 4) is 0 Å². The summed E-state index contributed by atoms with van der Waals surface area (Å²) in [6, 6.07) is 0. The lowest BCUT2D eigenvalue weighted by Gasteiger charge is -2.27. The van der Waals surface area contributed by atoms with E-state index in [-0.39, 0.29) is 6.54 Å². The van der Waals surface area contributed by atoms with Crippen LogP contribution in [0.1, 0.15) is 38.5 Å². The van der Waals surface area contributed by atoms with Crippen LogP contribution in [0.5, 0.6) is 0 Å². The summed E-state index contributed by atoms with van der Waals surface area (Å²) in [6.07, 6.45) is 4.82. The van der Waals surface area contributed by atoms with E-state index in [2.05, 4.69) is 5.32 Å². The van der Waals surface area contributed by atoms with Crippen LogP contribution in [0.2, 0.25) is 0 Å². The number of carbonyl (C=O) groups is 1. The third kappa shape index (κ3) is 4.47. The third-order valence-corrected chi connectivity index (χ3v) is 3.15. The molecule has 1 amide bonds. The van der Waals surface area contributed by atoms with Crippen molar-refractivity contribution in [3.05, 3.63) is 0 Å². The van der Waals surface area contributed by atoms with Crippen molar-refractivity contribution < 1.29 is 15.0 Å². The molecule has 1 saturated carbocycles. The zero-order valence-corrected chi connectivity index (χ0v) is 9.61. The van der Waals surface area contributed by atoms with Gasteiger partial charge in [0.05, 0.1) is 5.60 Å². The highest BCUT2D eigenvalue weighted by Gasteiger charge is 2.27. The van der Waals surface area contributed by atoms with Gasteiger partial charge in [0.15, 0.2) is 0 Å². The van der Waals surface area contributed by atoms with Crippen LogP contribution in [-0.2, 0) is 4.79 Å². The van der Waals surface area contributed by atoms with Crippen LogP contribution in [0.4, 0.5) is 0 Å². The molecule has 0 aromatic heterocycles. The summed E-state index contributed by atoms with van der Waals surface area (Å²) in [5.74, 6) is -0.736. The molecule has 0 bridgehead atoms. The smallest absolute Gasteiger partial charge is 0.247 e. The summed E-state index contributed by atoms with van der Waals surface area (Å²) in [6.45, 7) is 0.523. The Morgan fingerprint density at radius 3 is 2.38 bits per heavy atom. The molecule has 0 spiro atoms. The Hall–Kier alpha value is -0.650. The molecule has 0 aromatic carbocycles. The van der Waals surface area contributed by atoms with E-state index >= 15 is 0 Å². The van der Waals surface area contributed by atoms with Crippen molar-refractivity contribution in [1.29, 1.82) is 0 Å². The lowest BCUT2D eigenvalue weighted by Crippen LogP contribution is -2.45. The SMILES string of the molecule is NC(=O)C(O)CNCC1(O)CCCCCC1. The van der Waals surface area contributed by atoms with Crippen LogP contribution in [-0.4, -0.2) is 40.9 Å². The second kappa shape index (κ2) is 6.18. The van der Waals surface area contributed by atoms with Gasteiger partial charge in [0.2, 0.25) is 5.91 Å². The summed E-state index contributed by atoms with van der Waals surface area (Å²) in [4.78, 5) is 10.6. The fourth-order valence-corrected chi connectivity index (χ4v) is 2.11. The standard InChI is InChI=1S/C11H22N2O3/c12-10(15)9(14)7-13-8-11(16)5-3-1-2-4-6-11/h9,13-14,16H,1-8H2,(H2,12,15). The van der Waals surface area contributed by atoms with E-state index in [1.807, 2.05) is 0 Å². The topological polar surface area (TPSA) is 95.6 Å². The number of hydrogen-bond donors (Lipinski definition) is 4. The Morgan fingerprint density at radius 1 is 1.31 bits per heavy atom. The maximum Gasteiger partial charge on any atom is 0.247 e. The summed E-state index contributed by atoms with van der Waals surface area (Å²) in [5.41, 5.74) is 4.24. The summed E-state index contributed by atoms with van der Waals surface area (Å²) < 4.78 is 0. The largest absolute Gasteiger partial charge is 0.389 e. The number of carbonyl (C=O) groups excluding carboxylic acids is 1. The molecule has 5 heteroatoms. The Kier molecular flexibility index (Phi) is 5.18. The van der Waals surface area contributed by atoms with E-state index in [9.17, 15) is 15.0 Å². The molecule has 0 saturated heterocycles. The first kappa shape index (κ1) is 13.4. The van der Waals surface area contributed by atoms with E-state index in [1.54, 1.807) is 0 Å². The third-order valence-electron chi connectivity index (χ3n) is 3.15. The quantitative estimate of drug-likeness (QED) is 0.479. The molecule has 5 N–H and O–H groups in total. The highest BCUT2D eigenvalue weighted by atomic mass is 16.3. The molecule has 1 fully saturated rings. The molecule has 1 unspecified atom stereocenters.